The molecule has 0 saturated heterocycles. The summed E-state index contributed by atoms with van der Waals surface area (Å²) < 4.78 is 0. The number of amidine groups is 1. The molecule has 0 saturated carbocycles. The van der Waals surface area contributed by atoms with E-state index in [4.69, 9.17) is 23.1 Å². The molecule has 0 aromatic heterocycles. The molecule has 2 aromatic rings. The zero-order valence-corrected chi connectivity index (χ0v) is 21.3. The Kier molecular flexibility index (Phi) is 9.09. The Morgan fingerprint density at radius 1 is 1.12 bits per heavy atom. The number of hydrazine groups is 1. The van der Waals surface area contributed by atoms with Crippen molar-refractivity contribution < 1.29 is 9.59 Å². The highest BCUT2D eigenvalue weighted by Crippen LogP contribution is 2.32. The molecule has 9 heteroatoms. The lowest BCUT2D eigenvalue weighted by atomic mass is 10.1. The van der Waals surface area contributed by atoms with E-state index >= 15 is 0 Å². The first kappa shape index (κ1) is 26.7. The van der Waals surface area contributed by atoms with Crippen LogP contribution in [0.1, 0.15) is 55.6 Å². The van der Waals surface area contributed by atoms with Crippen LogP contribution < -0.4 is 16.8 Å². The minimum Gasteiger partial charge on any atom is -0.400 e. The number of rotatable bonds is 3. The van der Waals surface area contributed by atoms with E-state index < -0.39 is 0 Å². The number of aliphatic imine (C=N–C) groups is 1. The normalized spacial score (nSPS) is 13.4. The van der Waals surface area contributed by atoms with Crippen molar-refractivity contribution in [3.63, 3.8) is 0 Å². The smallest absolute Gasteiger partial charge is 0.272 e. The maximum Gasteiger partial charge on any atom is 0.272 e. The predicted octanol–water partition coefficient (Wildman–Crippen LogP) is 4.70. The third kappa shape index (κ3) is 6.29. The number of halogens is 1. The number of carbonyl (C=O) groups excluding carboxylic acids is 2. The van der Waals surface area contributed by atoms with Crippen molar-refractivity contribution in [2.45, 2.75) is 47.6 Å². The quantitative estimate of drug-likeness (QED) is 0.545. The lowest BCUT2D eigenvalue weighted by Crippen LogP contribution is -2.46. The zero-order valence-electron chi connectivity index (χ0n) is 20.6. The van der Waals surface area contributed by atoms with Crippen LogP contribution in [0.5, 0.6) is 0 Å². The second-order valence-corrected chi connectivity index (χ2v) is 8.53. The van der Waals surface area contributed by atoms with Crippen LogP contribution in [0.2, 0.25) is 5.02 Å². The maximum absolute atomic E-state index is 13.4. The summed E-state index contributed by atoms with van der Waals surface area (Å²) in [5.74, 6) is -0.325. The molecule has 1 heterocycles. The van der Waals surface area contributed by atoms with Gasteiger partial charge in [0.05, 0.1) is 17.9 Å². The van der Waals surface area contributed by atoms with Crippen molar-refractivity contribution in [3.05, 3.63) is 69.5 Å². The van der Waals surface area contributed by atoms with Crippen molar-refractivity contribution in [2.75, 3.05) is 12.4 Å². The van der Waals surface area contributed by atoms with E-state index in [1.54, 1.807) is 38.2 Å². The average Bonchev–Trinajstić information content (AvgIpc) is 2.77. The average molecular weight is 485 g/mol. The highest BCUT2D eigenvalue weighted by atomic mass is 35.5. The standard InChI is InChI=1S/C22H25ClN6O2.C3H8/c1-12-9-17(23)7-5-16(12)11-29(28(4)14(3)30)22(31)15-6-8-18-19(10-15)26-20(13(2)24)21(25)27-18;1-3-2/h5-10,26H,11,24H2,1-4H3,(H2,25,27);3H2,1-2H3/b20-13-;. The second kappa shape index (κ2) is 11.6. The van der Waals surface area contributed by atoms with Gasteiger partial charge in [-0.2, -0.15) is 0 Å². The number of nitrogens with two attached hydrogens (primary N) is 2. The molecule has 2 amide bonds. The molecule has 0 bridgehead atoms. The number of nitrogens with one attached hydrogen (secondary N) is 1. The number of hydrogen-bond acceptors (Lipinski definition) is 6. The maximum atomic E-state index is 13.4. The van der Waals surface area contributed by atoms with Gasteiger partial charge in [-0.3, -0.25) is 14.6 Å². The minimum absolute atomic E-state index is 0.209. The monoisotopic (exact) mass is 484 g/mol. The summed E-state index contributed by atoms with van der Waals surface area (Å²) in [5, 5.41) is 6.44. The molecule has 3 rings (SSSR count). The fourth-order valence-corrected chi connectivity index (χ4v) is 3.41. The van der Waals surface area contributed by atoms with Crippen molar-refractivity contribution in [2.24, 2.45) is 16.5 Å². The van der Waals surface area contributed by atoms with E-state index in [0.29, 0.717) is 33.4 Å². The first-order chi connectivity index (χ1) is 16.0. The van der Waals surface area contributed by atoms with Crippen molar-refractivity contribution >= 4 is 40.6 Å². The highest BCUT2D eigenvalue weighted by Gasteiger charge is 2.25. The lowest BCUT2D eigenvalue weighted by Gasteiger charge is -2.32. The first-order valence-corrected chi connectivity index (χ1v) is 11.4. The number of allylic oxidation sites excluding steroid dienone is 1. The SMILES string of the molecule is CC(=O)N(C)N(Cc1ccc(Cl)cc1C)C(=O)c1ccc2c(c1)N/C(=C(/C)N)C(N)=N2.CCC. The van der Waals surface area contributed by atoms with Gasteiger partial charge in [0.25, 0.3) is 5.91 Å². The fourth-order valence-electron chi connectivity index (χ4n) is 3.18. The van der Waals surface area contributed by atoms with Gasteiger partial charge in [0, 0.05) is 30.3 Å². The van der Waals surface area contributed by atoms with Crippen molar-refractivity contribution in [1.29, 1.82) is 0 Å². The third-order valence-corrected chi connectivity index (χ3v) is 5.31. The molecule has 182 valence electrons. The number of aryl methyl sites for hydroxylation is 1. The van der Waals surface area contributed by atoms with Crippen LogP contribution in [0.15, 0.2) is 52.8 Å². The molecule has 1 aliphatic rings. The minimum atomic E-state index is -0.339. The Bertz CT molecular complexity index is 1140. The van der Waals surface area contributed by atoms with Crippen LogP contribution in [-0.4, -0.2) is 34.7 Å². The number of nitrogens with zero attached hydrogens (tertiary/aromatic N) is 3. The number of hydrogen-bond donors (Lipinski definition) is 3. The number of carbonyl (C=O) groups is 2. The third-order valence-electron chi connectivity index (χ3n) is 5.07. The molecule has 0 unspecified atom stereocenters. The molecule has 1 aliphatic heterocycles. The lowest BCUT2D eigenvalue weighted by molar-refractivity contribution is -0.140. The summed E-state index contributed by atoms with van der Waals surface area (Å²) in [4.78, 5) is 29.8. The molecule has 34 heavy (non-hydrogen) atoms. The molecular formula is C25H33ClN6O2. The van der Waals surface area contributed by atoms with Crippen LogP contribution in [-0.2, 0) is 11.3 Å². The van der Waals surface area contributed by atoms with Gasteiger partial charge in [0.2, 0.25) is 5.91 Å². The summed E-state index contributed by atoms with van der Waals surface area (Å²) in [7, 11) is 1.56. The van der Waals surface area contributed by atoms with Gasteiger partial charge in [0.15, 0.2) is 0 Å². The van der Waals surface area contributed by atoms with E-state index in [2.05, 4.69) is 24.2 Å². The van der Waals surface area contributed by atoms with E-state index in [-0.39, 0.29) is 24.2 Å². The molecule has 8 nitrogen and oxygen atoms in total. The fraction of sp³-hybridized carbons (Fsp3) is 0.320. The zero-order chi connectivity index (χ0) is 25.6. The van der Waals surface area contributed by atoms with Gasteiger partial charge >= 0.3 is 0 Å². The Hall–Kier alpha value is -3.52. The largest absolute Gasteiger partial charge is 0.400 e. The summed E-state index contributed by atoms with van der Waals surface area (Å²) >= 11 is 6.05. The van der Waals surface area contributed by atoms with E-state index in [0.717, 1.165) is 11.1 Å². The van der Waals surface area contributed by atoms with E-state index in [1.165, 1.54) is 23.4 Å². The van der Waals surface area contributed by atoms with Crippen LogP contribution in [0.3, 0.4) is 0 Å². The molecular weight excluding hydrogens is 452 g/mol. The van der Waals surface area contributed by atoms with Crippen LogP contribution in [0.4, 0.5) is 11.4 Å². The molecule has 0 radical (unpaired) electrons. The van der Waals surface area contributed by atoms with Gasteiger partial charge in [0.1, 0.15) is 11.5 Å². The van der Waals surface area contributed by atoms with E-state index in [1.807, 2.05) is 19.1 Å². The Labute approximate surface area is 206 Å². The predicted molar refractivity (Wildman–Crippen MR) is 139 cm³/mol. The van der Waals surface area contributed by atoms with Crippen LogP contribution in [0, 0.1) is 6.92 Å². The van der Waals surface area contributed by atoms with Crippen molar-refractivity contribution in [1.82, 2.24) is 10.0 Å². The highest BCUT2D eigenvalue weighted by molar-refractivity contribution is 6.30. The Morgan fingerprint density at radius 2 is 1.76 bits per heavy atom. The topological polar surface area (TPSA) is 117 Å². The van der Waals surface area contributed by atoms with E-state index in [9.17, 15) is 9.59 Å². The molecule has 0 spiro atoms. The van der Waals surface area contributed by atoms with Gasteiger partial charge in [-0.15, -0.1) is 0 Å². The Morgan fingerprint density at radius 3 is 2.32 bits per heavy atom. The molecule has 0 atom stereocenters. The summed E-state index contributed by atoms with van der Waals surface area (Å²) in [6.45, 7) is 9.48. The van der Waals surface area contributed by atoms with Crippen molar-refractivity contribution in [3.8, 4) is 0 Å². The van der Waals surface area contributed by atoms with Gasteiger partial charge in [-0.05, 0) is 55.3 Å². The molecule has 2 aromatic carbocycles. The summed E-state index contributed by atoms with van der Waals surface area (Å²) in [6.07, 6.45) is 1.25. The summed E-state index contributed by atoms with van der Waals surface area (Å²) in [5.41, 5.74) is 16.2. The summed E-state index contributed by atoms with van der Waals surface area (Å²) in [6, 6.07) is 10.4. The number of anilines is 1. The van der Waals surface area contributed by atoms with Gasteiger partial charge in [-0.1, -0.05) is 37.9 Å². The first-order valence-electron chi connectivity index (χ1n) is 11.0. The van der Waals surface area contributed by atoms with Crippen LogP contribution in [0.25, 0.3) is 0 Å². The molecule has 0 aliphatic carbocycles. The number of benzene rings is 2. The second-order valence-electron chi connectivity index (χ2n) is 8.10. The Balaban J connectivity index is 0.00000129. The van der Waals surface area contributed by atoms with Gasteiger partial charge < -0.3 is 16.8 Å². The van der Waals surface area contributed by atoms with Gasteiger partial charge in [-0.25, -0.2) is 10.0 Å². The number of amides is 2. The number of fused-ring (bicyclic) bond motifs is 1. The molecule has 0 fully saturated rings. The van der Waals surface area contributed by atoms with Crippen LogP contribution >= 0.6 is 11.6 Å². The molecule has 5 N–H and O–H groups in total.